The highest BCUT2D eigenvalue weighted by Crippen LogP contribution is 2.04. The van der Waals surface area contributed by atoms with Crippen LogP contribution in [0.25, 0.3) is 0 Å². The van der Waals surface area contributed by atoms with Gasteiger partial charge in [-0.05, 0) is 32.4 Å². The third-order valence-corrected chi connectivity index (χ3v) is 2.60. The van der Waals surface area contributed by atoms with Crippen LogP contribution in [0.4, 0.5) is 0 Å². The number of halogens is 1. The zero-order chi connectivity index (χ0) is 12.0. The first-order chi connectivity index (χ1) is 7.69. The summed E-state index contributed by atoms with van der Waals surface area (Å²) in [6.07, 6.45) is 1.78. The van der Waals surface area contributed by atoms with Crippen molar-refractivity contribution in [1.82, 2.24) is 9.88 Å². The number of guanidine groups is 1. The zero-order valence-corrected chi connectivity index (χ0v) is 13.0. The Kier molecular flexibility index (Phi) is 7.86. The van der Waals surface area contributed by atoms with Crippen LogP contribution in [0, 0.1) is 6.92 Å². The van der Waals surface area contributed by atoms with E-state index in [1.807, 2.05) is 24.0 Å². The Labute approximate surface area is 120 Å². The molecule has 0 aliphatic carbocycles. The molecule has 5 heteroatoms. The van der Waals surface area contributed by atoms with Gasteiger partial charge in [0.25, 0.3) is 0 Å². The minimum absolute atomic E-state index is 0. The molecule has 2 N–H and O–H groups in total. The Morgan fingerprint density at radius 3 is 2.59 bits per heavy atom. The Balaban J connectivity index is 0.00000256. The largest absolute Gasteiger partial charge is 0.370 e. The highest BCUT2D eigenvalue weighted by Gasteiger charge is 2.02. The van der Waals surface area contributed by atoms with Gasteiger partial charge in [-0.15, -0.1) is 24.0 Å². The van der Waals surface area contributed by atoms with Crippen molar-refractivity contribution in [3.05, 3.63) is 29.6 Å². The van der Waals surface area contributed by atoms with E-state index in [1.54, 1.807) is 6.20 Å². The van der Waals surface area contributed by atoms with Crippen molar-refractivity contribution < 1.29 is 0 Å². The molecule has 17 heavy (non-hydrogen) atoms. The van der Waals surface area contributed by atoms with E-state index in [1.165, 1.54) is 0 Å². The third kappa shape index (κ3) is 4.89. The number of aromatic nitrogens is 1. The minimum Gasteiger partial charge on any atom is -0.370 e. The second-order valence-electron chi connectivity index (χ2n) is 3.61. The van der Waals surface area contributed by atoms with Crippen molar-refractivity contribution in [2.45, 2.75) is 27.3 Å². The first-order valence-corrected chi connectivity index (χ1v) is 5.64. The van der Waals surface area contributed by atoms with Crippen LogP contribution in [0.1, 0.15) is 25.1 Å². The lowest BCUT2D eigenvalue weighted by atomic mass is 10.2. The van der Waals surface area contributed by atoms with Crippen LogP contribution in [0.5, 0.6) is 0 Å². The number of pyridine rings is 1. The Morgan fingerprint density at radius 1 is 1.41 bits per heavy atom. The Bertz CT molecular complexity index is 361. The van der Waals surface area contributed by atoms with Crippen LogP contribution in [0.3, 0.4) is 0 Å². The molecule has 0 atom stereocenters. The van der Waals surface area contributed by atoms with Gasteiger partial charge in [0.1, 0.15) is 0 Å². The number of rotatable bonds is 4. The lowest BCUT2D eigenvalue weighted by Gasteiger charge is -2.19. The van der Waals surface area contributed by atoms with E-state index in [0.717, 1.165) is 24.3 Å². The average Bonchev–Trinajstić information content (AvgIpc) is 2.29. The van der Waals surface area contributed by atoms with Crippen molar-refractivity contribution >= 4 is 29.9 Å². The first-order valence-electron chi connectivity index (χ1n) is 5.64. The normalized spacial score (nSPS) is 10.9. The highest BCUT2D eigenvalue weighted by atomic mass is 127. The second kappa shape index (κ2) is 8.27. The van der Waals surface area contributed by atoms with Gasteiger partial charge < -0.3 is 10.6 Å². The molecular formula is C12H21IN4. The van der Waals surface area contributed by atoms with E-state index in [9.17, 15) is 0 Å². The molecule has 0 aromatic carbocycles. The van der Waals surface area contributed by atoms with E-state index < -0.39 is 0 Å². The van der Waals surface area contributed by atoms with Crippen LogP contribution < -0.4 is 5.73 Å². The smallest absolute Gasteiger partial charge is 0.191 e. The van der Waals surface area contributed by atoms with Crippen molar-refractivity contribution in [2.75, 3.05) is 13.1 Å². The summed E-state index contributed by atoms with van der Waals surface area (Å²) >= 11 is 0. The molecule has 1 rings (SSSR count). The number of hydrogen-bond acceptors (Lipinski definition) is 2. The zero-order valence-electron chi connectivity index (χ0n) is 10.7. The predicted molar refractivity (Wildman–Crippen MR) is 82.6 cm³/mol. The van der Waals surface area contributed by atoms with Gasteiger partial charge in [0.2, 0.25) is 0 Å². The number of hydrogen-bond donors (Lipinski definition) is 1. The quantitative estimate of drug-likeness (QED) is 0.515. The molecule has 0 spiro atoms. The average molecular weight is 348 g/mol. The van der Waals surface area contributed by atoms with E-state index >= 15 is 0 Å². The summed E-state index contributed by atoms with van der Waals surface area (Å²) in [5.74, 6) is 0.593. The molecule has 0 aliphatic rings. The maximum absolute atomic E-state index is 5.89. The maximum atomic E-state index is 5.89. The number of aliphatic imine (C=N–C) groups is 1. The summed E-state index contributed by atoms with van der Waals surface area (Å²) in [6.45, 7) is 8.48. The first kappa shape index (κ1) is 16.1. The summed E-state index contributed by atoms with van der Waals surface area (Å²) < 4.78 is 0. The SMILES string of the molecule is CCN(CC)C(N)=NCc1ncccc1C.I. The Hall–Kier alpha value is -0.850. The van der Waals surface area contributed by atoms with Gasteiger partial charge in [0, 0.05) is 19.3 Å². The lowest BCUT2D eigenvalue weighted by Crippen LogP contribution is -2.37. The van der Waals surface area contributed by atoms with Crippen molar-refractivity contribution in [2.24, 2.45) is 10.7 Å². The molecule has 0 amide bonds. The van der Waals surface area contributed by atoms with Gasteiger partial charge in [-0.1, -0.05) is 6.07 Å². The van der Waals surface area contributed by atoms with Crippen molar-refractivity contribution in [3.8, 4) is 0 Å². The fraction of sp³-hybridized carbons (Fsp3) is 0.500. The standard InChI is InChI=1S/C12H20N4.HI/c1-4-16(5-2)12(13)15-9-11-10(3)7-6-8-14-11;/h6-8H,4-5,9H2,1-3H3,(H2,13,15);1H. The number of nitrogens with two attached hydrogens (primary N) is 1. The van der Waals surface area contributed by atoms with Gasteiger partial charge >= 0.3 is 0 Å². The molecule has 1 aromatic heterocycles. The van der Waals surface area contributed by atoms with E-state index in [2.05, 4.69) is 23.8 Å². The third-order valence-electron chi connectivity index (χ3n) is 2.60. The lowest BCUT2D eigenvalue weighted by molar-refractivity contribution is 0.458. The molecule has 0 radical (unpaired) electrons. The van der Waals surface area contributed by atoms with Crippen molar-refractivity contribution in [3.63, 3.8) is 0 Å². The molecule has 1 aromatic rings. The highest BCUT2D eigenvalue weighted by molar-refractivity contribution is 14.0. The molecule has 4 nitrogen and oxygen atoms in total. The van der Waals surface area contributed by atoms with Crippen LogP contribution in [-0.2, 0) is 6.54 Å². The summed E-state index contributed by atoms with van der Waals surface area (Å²) in [5, 5.41) is 0. The van der Waals surface area contributed by atoms with Crippen LogP contribution in [0.15, 0.2) is 23.3 Å². The number of nitrogens with zero attached hydrogens (tertiary/aromatic N) is 3. The van der Waals surface area contributed by atoms with Gasteiger partial charge in [-0.3, -0.25) is 4.98 Å². The molecule has 96 valence electrons. The van der Waals surface area contributed by atoms with Gasteiger partial charge in [-0.2, -0.15) is 0 Å². The van der Waals surface area contributed by atoms with Crippen LogP contribution in [0.2, 0.25) is 0 Å². The fourth-order valence-corrected chi connectivity index (χ4v) is 1.49. The summed E-state index contributed by atoms with van der Waals surface area (Å²) in [5.41, 5.74) is 8.02. The van der Waals surface area contributed by atoms with Crippen molar-refractivity contribution in [1.29, 1.82) is 0 Å². The molecular weight excluding hydrogens is 327 g/mol. The molecule has 0 saturated carbocycles. The fourth-order valence-electron chi connectivity index (χ4n) is 1.49. The number of aryl methyl sites for hydroxylation is 1. The summed E-state index contributed by atoms with van der Waals surface area (Å²) in [6, 6.07) is 3.96. The Morgan fingerprint density at radius 2 is 2.06 bits per heavy atom. The molecule has 0 unspecified atom stereocenters. The monoisotopic (exact) mass is 348 g/mol. The predicted octanol–water partition coefficient (Wildman–Crippen LogP) is 2.16. The molecule has 1 heterocycles. The minimum atomic E-state index is 0. The van der Waals surface area contributed by atoms with E-state index in [0.29, 0.717) is 12.5 Å². The van der Waals surface area contributed by atoms with E-state index in [4.69, 9.17) is 5.73 Å². The topological polar surface area (TPSA) is 54.5 Å². The molecule has 0 fully saturated rings. The van der Waals surface area contributed by atoms with Crippen LogP contribution >= 0.6 is 24.0 Å². The summed E-state index contributed by atoms with van der Waals surface area (Å²) in [4.78, 5) is 10.7. The van der Waals surface area contributed by atoms with Gasteiger partial charge in [0.15, 0.2) is 5.96 Å². The molecule has 0 bridgehead atoms. The maximum Gasteiger partial charge on any atom is 0.191 e. The molecule has 0 aliphatic heterocycles. The van der Waals surface area contributed by atoms with Gasteiger partial charge in [0.05, 0.1) is 12.2 Å². The van der Waals surface area contributed by atoms with E-state index in [-0.39, 0.29) is 24.0 Å². The second-order valence-corrected chi connectivity index (χ2v) is 3.61. The van der Waals surface area contributed by atoms with Gasteiger partial charge in [-0.25, -0.2) is 4.99 Å². The molecule has 0 saturated heterocycles. The summed E-state index contributed by atoms with van der Waals surface area (Å²) in [7, 11) is 0. The van der Waals surface area contributed by atoms with Crippen LogP contribution in [-0.4, -0.2) is 28.9 Å².